The van der Waals surface area contributed by atoms with E-state index in [1.165, 1.54) is 12.1 Å². The Morgan fingerprint density at radius 1 is 1.28 bits per heavy atom. The van der Waals surface area contributed by atoms with Crippen molar-refractivity contribution in [1.29, 1.82) is 0 Å². The van der Waals surface area contributed by atoms with E-state index in [0.29, 0.717) is 13.0 Å². The van der Waals surface area contributed by atoms with E-state index in [2.05, 4.69) is 21.1 Å². The van der Waals surface area contributed by atoms with Crippen LogP contribution in [0.5, 0.6) is 0 Å². The van der Waals surface area contributed by atoms with Gasteiger partial charge in [0.1, 0.15) is 5.82 Å². The van der Waals surface area contributed by atoms with Gasteiger partial charge in [0.2, 0.25) is 10.0 Å². The van der Waals surface area contributed by atoms with Gasteiger partial charge in [0.15, 0.2) is 0 Å². The number of pyridine rings is 1. The highest BCUT2D eigenvalue weighted by molar-refractivity contribution is 7.89. The van der Waals surface area contributed by atoms with Crippen LogP contribution in [0.3, 0.4) is 0 Å². The smallest absolute Gasteiger partial charge is 0.240 e. The van der Waals surface area contributed by atoms with E-state index in [1.807, 2.05) is 19.3 Å². The van der Waals surface area contributed by atoms with E-state index in [1.54, 1.807) is 6.20 Å². The van der Waals surface area contributed by atoms with E-state index in [9.17, 15) is 12.8 Å². The third-order valence-electron chi connectivity index (χ3n) is 5.79. The Morgan fingerprint density at radius 2 is 2.03 bits per heavy atom. The first-order valence-corrected chi connectivity index (χ1v) is 11.7. The number of rotatable bonds is 7. The number of nitrogens with zero attached hydrogens (tertiary/aromatic N) is 1. The van der Waals surface area contributed by atoms with Gasteiger partial charge in [0.25, 0.3) is 0 Å². The first-order valence-electron chi connectivity index (χ1n) is 9.78. The van der Waals surface area contributed by atoms with Gasteiger partial charge in [-0.15, -0.1) is 0 Å². The van der Waals surface area contributed by atoms with Gasteiger partial charge in [-0.2, -0.15) is 0 Å². The maximum absolute atomic E-state index is 13.1. The first kappa shape index (κ1) is 21.8. The third-order valence-corrected chi connectivity index (χ3v) is 7.83. The molecule has 1 aromatic heterocycles. The molecule has 3 rings (SSSR count). The maximum atomic E-state index is 13.1. The predicted octanol–water partition coefficient (Wildman–Crippen LogP) is 3.56. The lowest BCUT2D eigenvalue weighted by Gasteiger charge is -2.45. The molecule has 156 valence electrons. The molecule has 0 aliphatic heterocycles. The molecule has 0 spiro atoms. The summed E-state index contributed by atoms with van der Waals surface area (Å²) in [5.41, 5.74) is 0.725. The molecule has 0 saturated heterocycles. The fraction of sp³-hybridized carbons (Fsp3) is 0.429. The summed E-state index contributed by atoms with van der Waals surface area (Å²) < 4.78 is 40.8. The van der Waals surface area contributed by atoms with Crippen molar-refractivity contribution in [1.82, 2.24) is 15.0 Å². The van der Waals surface area contributed by atoms with Crippen molar-refractivity contribution in [2.75, 3.05) is 13.6 Å². The second-order valence-corrected chi connectivity index (χ2v) is 9.55. The summed E-state index contributed by atoms with van der Waals surface area (Å²) in [4.78, 5) is 5.13. The Balaban J connectivity index is 1.79. The van der Waals surface area contributed by atoms with E-state index in [4.69, 9.17) is 12.2 Å². The van der Waals surface area contributed by atoms with Crippen LogP contribution >= 0.6 is 12.2 Å². The van der Waals surface area contributed by atoms with Gasteiger partial charge in [-0.1, -0.05) is 31.1 Å². The van der Waals surface area contributed by atoms with Gasteiger partial charge in [-0.05, 0) is 61.1 Å². The van der Waals surface area contributed by atoms with Gasteiger partial charge in [-0.25, -0.2) is 17.5 Å². The molecule has 0 radical (unpaired) electrons. The van der Waals surface area contributed by atoms with Gasteiger partial charge in [0.05, 0.1) is 9.88 Å². The number of sulfonamides is 1. The first-order chi connectivity index (χ1) is 13.9. The summed E-state index contributed by atoms with van der Waals surface area (Å²) in [5.74, 6) is -0.274. The van der Waals surface area contributed by atoms with Crippen LogP contribution in [0.2, 0.25) is 0 Å². The molecule has 2 atom stereocenters. The van der Waals surface area contributed by atoms with Gasteiger partial charge in [-0.3, -0.25) is 4.98 Å². The summed E-state index contributed by atoms with van der Waals surface area (Å²) in [5, 5.41) is 3.17. The summed E-state index contributed by atoms with van der Waals surface area (Å²) >= 11 is 5.75. The molecule has 0 bridgehead atoms. The topological polar surface area (TPSA) is 71.1 Å². The molecule has 1 aliphatic rings. The lowest BCUT2D eigenvalue weighted by atomic mass is 9.61. The molecule has 1 heterocycles. The molecule has 1 fully saturated rings. The van der Waals surface area contributed by atoms with Gasteiger partial charge >= 0.3 is 0 Å². The van der Waals surface area contributed by atoms with E-state index < -0.39 is 15.8 Å². The second-order valence-electron chi connectivity index (χ2n) is 7.38. The molecule has 2 N–H and O–H groups in total. The minimum absolute atomic E-state index is 0.0619. The normalized spacial score (nSPS) is 22.2. The Kier molecular flexibility index (Phi) is 6.97. The lowest BCUT2D eigenvalue weighted by molar-refractivity contribution is 0.239. The highest BCUT2D eigenvalue weighted by Crippen LogP contribution is 2.46. The molecule has 1 aromatic carbocycles. The lowest BCUT2D eigenvalue weighted by Crippen LogP contribution is -2.50. The van der Waals surface area contributed by atoms with E-state index in [0.717, 1.165) is 48.4 Å². The summed E-state index contributed by atoms with van der Waals surface area (Å²) in [7, 11) is -1.85. The number of hydrogen-bond acceptors (Lipinski definition) is 4. The van der Waals surface area contributed by atoms with Crippen LogP contribution in [0.1, 0.15) is 37.7 Å². The Bertz CT molecular complexity index is 936. The average Bonchev–Trinajstić information content (AvgIpc) is 2.74. The van der Waals surface area contributed by atoms with Gasteiger partial charge < -0.3 is 5.32 Å². The molecule has 0 unspecified atom stereocenters. The summed E-state index contributed by atoms with van der Waals surface area (Å²) in [6.07, 6.45) is 8.29. The maximum Gasteiger partial charge on any atom is 0.240 e. The zero-order valence-electron chi connectivity index (χ0n) is 16.4. The number of hydrogen-bond donors (Lipinski definition) is 2. The number of halogens is 1. The van der Waals surface area contributed by atoms with Crippen LogP contribution in [0, 0.1) is 11.7 Å². The van der Waals surface area contributed by atoms with Crippen LogP contribution in [-0.2, 0) is 15.4 Å². The molecule has 1 aliphatic carbocycles. The SMILES string of the molecule is CNC(=S)[C@@]1(c2cccnc2)CCCC[C@@H]1CCNS(=O)(=O)c1ccc(F)cc1. The van der Waals surface area contributed by atoms with Crippen molar-refractivity contribution in [3.05, 3.63) is 60.2 Å². The molecule has 5 nitrogen and oxygen atoms in total. The molecule has 8 heteroatoms. The number of thiocarbonyl (C=S) groups is 1. The summed E-state index contributed by atoms with van der Waals surface area (Å²) in [6.45, 7) is 0.290. The standard InChI is InChI=1S/C21H26FN3O2S2/c1-23-20(28)21(17-6-4-13-24-15-17)12-3-2-5-16(21)11-14-25-29(26,27)19-9-7-18(22)8-10-19/h4,6-10,13,15-16,25H,2-3,5,11-12,14H2,1H3,(H,23,28)/t16-,21+/m1/s1. The van der Waals surface area contributed by atoms with Crippen LogP contribution in [0.4, 0.5) is 4.39 Å². The molecule has 29 heavy (non-hydrogen) atoms. The molecular formula is C21H26FN3O2S2. The van der Waals surface area contributed by atoms with Crippen molar-refractivity contribution in [3.63, 3.8) is 0 Å². The van der Waals surface area contributed by atoms with Gasteiger partial charge in [0, 0.05) is 31.4 Å². The monoisotopic (exact) mass is 435 g/mol. The zero-order chi connectivity index (χ0) is 20.9. The second kappa shape index (κ2) is 9.28. The Labute approximate surface area is 177 Å². The molecule has 2 aromatic rings. The van der Waals surface area contributed by atoms with Crippen LogP contribution in [-0.4, -0.2) is 32.0 Å². The van der Waals surface area contributed by atoms with E-state index in [-0.39, 0.29) is 16.2 Å². The average molecular weight is 436 g/mol. The highest BCUT2D eigenvalue weighted by atomic mass is 32.2. The number of nitrogens with one attached hydrogen (secondary N) is 2. The zero-order valence-corrected chi connectivity index (χ0v) is 18.0. The number of benzene rings is 1. The highest BCUT2D eigenvalue weighted by Gasteiger charge is 2.45. The predicted molar refractivity (Wildman–Crippen MR) is 116 cm³/mol. The quantitative estimate of drug-likeness (QED) is 0.651. The van der Waals surface area contributed by atoms with Crippen molar-refractivity contribution < 1.29 is 12.8 Å². The summed E-state index contributed by atoms with van der Waals surface area (Å²) in [6, 6.07) is 8.81. The Morgan fingerprint density at radius 3 is 2.69 bits per heavy atom. The minimum Gasteiger partial charge on any atom is -0.382 e. The molecule has 0 amide bonds. The van der Waals surface area contributed by atoms with Crippen LogP contribution in [0.25, 0.3) is 0 Å². The Hall–Kier alpha value is -1.90. The van der Waals surface area contributed by atoms with Crippen molar-refractivity contribution >= 4 is 27.2 Å². The minimum atomic E-state index is -3.68. The fourth-order valence-electron chi connectivity index (χ4n) is 4.36. The molecule has 1 saturated carbocycles. The number of likely N-dealkylation sites (N-methyl/N-ethyl adjacent to an activating group) is 1. The van der Waals surface area contributed by atoms with Crippen LogP contribution < -0.4 is 10.0 Å². The number of aromatic nitrogens is 1. The van der Waals surface area contributed by atoms with Crippen LogP contribution in [0.15, 0.2) is 53.7 Å². The van der Waals surface area contributed by atoms with Crippen molar-refractivity contribution in [2.45, 2.75) is 42.4 Å². The molecular weight excluding hydrogens is 409 g/mol. The van der Waals surface area contributed by atoms with E-state index >= 15 is 0 Å². The van der Waals surface area contributed by atoms with Crippen molar-refractivity contribution in [3.8, 4) is 0 Å². The fourth-order valence-corrected chi connectivity index (χ4v) is 5.79. The van der Waals surface area contributed by atoms with Crippen molar-refractivity contribution in [2.24, 2.45) is 5.92 Å². The third kappa shape index (κ3) is 4.65. The largest absolute Gasteiger partial charge is 0.382 e.